The van der Waals surface area contributed by atoms with Crippen LogP contribution < -0.4 is 16.8 Å². The lowest BCUT2D eigenvalue weighted by molar-refractivity contribution is 0.232. The van der Waals surface area contributed by atoms with E-state index in [1.807, 2.05) is 6.07 Å². The van der Waals surface area contributed by atoms with Crippen molar-refractivity contribution in [3.63, 3.8) is 0 Å². The molecule has 86 valence electrons. The van der Waals surface area contributed by atoms with Crippen LogP contribution in [0.5, 0.6) is 0 Å². The number of carbonyl (C=O) groups is 1. The Morgan fingerprint density at radius 1 is 1.62 bits per heavy atom. The molecule has 0 unspecified atom stereocenters. The molecule has 8 heteroatoms. The van der Waals surface area contributed by atoms with Gasteiger partial charge >= 0.3 is 11.7 Å². The third kappa shape index (κ3) is 2.03. The van der Waals surface area contributed by atoms with Crippen LogP contribution in [0.3, 0.4) is 0 Å². The van der Waals surface area contributed by atoms with Crippen molar-refractivity contribution >= 4 is 6.03 Å². The van der Waals surface area contributed by atoms with Gasteiger partial charge in [-0.2, -0.15) is 9.94 Å². The number of aromatic nitrogens is 3. The van der Waals surface area contributed by atoms with Crippen LogP contribution >= 0.6 is 0 Å². The number of carbonyl (C=O) groups excluding carboxylic acids is 1. The lowest BCUT2D eigenvalue weighted by Gasteiger charge is -2.16. The minimum atomic E-state index is -1.08. The van der Waals surface area contributed by atoms with Gasteiger partial charge < -0.3 is 11.2 Å². The van der Waals surface area contributed by atoms with Crippen molar-refractivity contribution in [2.75, 3.05) is 5.84 Å². The van der Waals surface area contributed by atoms with E-state index in [4.69, 9.17) is 11.1 Å². The van der Waals surface area contributed by atoms with Gasteiger partial charge in [-0.1, -0.05) is 0 Å². The Kier molecular flexibility index (Phi) is 2.72. The van der Waals surface area contributed by atoms with Crippen molar-refractivity contribution in [3.8, 4) is 6.07 Å². The van der Waals surface area contributed by atoms with E-state index in [1.54, 1.807) is 0 Å². The van der Waals surface area contributed by atoms with Gasteiger partial charge in [0.05, 0.1) is 6.07 Å². The van der Waals surface area contributed by atoms with Crippen LogP contribution in [-0.4, -0.2) is 26.0 Å². The number of rotatable bonds is 1. The number of hydrogen-bond acceptors (Lipinski definition) is 5. The molecule has 0 spiro atoms. The second-order valence-electron chi connectivity index (χ2n) is 3.78. The summed E-state index contributed by atoms with van der Waals surface area (Å²) < 4.78 is 1.33. The van der Waals surface area contributed by atoms with Gasteiger partial charge in [-0.3, -0.25) is 0 Å². The molecule has 0 bridgehead atoms. The summed E-state index contributed by atoms with van der Waals surface area (Å²) >= 11 is 0. The highest BCUT2D eigenvalue weighted by molar-refractivity contribution is 5.76. The quantitative estimate of drug-likeness (QED) is 0.588. The highest BCUT2D eigenvalue weighted by Gasteiger charge is 2.23. The molecule has 1 aromatic heterocycles. The third-order valence-electron chi connectivity index (χ3n) is 1.87. The Labute approximate surface area is 91.2 Å². The first-order valence-electron chi connectivity index (χ1n) is 4.46. The molecular weight excluding hydrogens is 212 g/mol. The number of nitrogens with zero attached hydrogens (tertiary/aromatic N) is 4. The summed E-state index contributed by atoms with van der Waals surface area (Å²) in [6.45, 7) is 4.49. The molecule has 0 fully saturated rings. The van der Waals surface area contributed by atoms with E-state index in [2.05, 4.69) is 10.4 Å². The van der Waals surface area contributed by atoms with Crippen molar-refractivity contribution < 1.29 is 4.79 Å². The molecule has 1 heterocycles. The molecule has 0 aromatic carbocycles. The van der Waals surface area contributed by atoms with Crippen molar-refractivity contribution in [3.05, 3.63) is 16.3 Å². The number of nitrogen functional groups attached to an aromatic ring is 1. The van der Waals surface area contributed by atoms with Crippen LogP contribution in [0.4, 0.5) is 4.79 Å². The van der Waals surface area contributed by atoms with Crippen molar-refractivity contribution in [2.45, 2.75) is 26.3 Å². The standard InChI is InChI=1S/C8H12N6O2/c1-5-12-14(7(16)13(5)10)6(15)11-8(2,3)4-9/h10H2,1-3H3,(H,11,15). The fraction of sp³-hybridized carbons (Fsp3) is 0.500. The van der Waals surface area contributed by atoms with E-state index in [1.165, 1.54) is 20.8 Å². The molecule has 0 atom stereocenters. The van der Waals surface area contributed by atoms with Crippen LogP contribution in [-0.2, 0) is 0 Å². The van der Waals surface area contributed by atoms with E-state index >= 15 is 0 Å². The Hall–Kier alpha value is -2.30. The summed E-state index contributed by atoms with van der Waals surface area (Å²) in [6, 6.07) is 1.08. The summed E-state index contributed by atoms with van der Waals surface area (Å²) in [7, 11) is 0. The van der Waals surface area contributed by atoms with E-state index in [0.717, 1.165) is 4.68 Å². The summed E-state index contributed by atoms with van der Waals surface area (Å²) in [6.07, 6.45) is 0. The third-order valence-corrected chi connectivity index (χ3v) is 1.87. The predicted octanol–water partition coefficient (Wildman–Crippen LogP) is -1.07. The average Bonchev–Trinajstić information content (AvgIpc) is 2.45. The van der Waals surface area contributed by atoms with Gasteiger partial charge in [0.15, 0.2) is 5.82 Å². The first-order valence-corrected chi connectivity index (χ1v) is 4.46. The lowest BCUT2D eigenvalue weighted by atomic mass is 10.1. The maximum Gasteiger partial charge on any atom is 0.373 e. The largest absolute Gasteiger partial charge is 0.373 e. The predicted molar refractivity (Wildman–Crippen MR) is 55.0 cm³/mol. The van der Waals surface area contributed by atoms with Gasteiger partial charge in [-0.05, 0) is 20.8 Å². The van der Waals surface area contributed by atoms with Gasteiger partial charge in [0.25, 0.3) is 0 Å². The molecule has 0 saturated carbocycles. The van der Waals surface area contributed by atoms with Gasteiger partial charge in [0, 0.05) is 0 Å². The van der Waals surface area contributed by atoms with Gasteiger partial charge in [-0.15, -0.1) is 9.78 Å². The fourth-order valence-corrected chi connectivity index (χ4v) is 0.957. The molecule has 0 aliphatic rings. The highest BCUT2D eigenvalue weighted by Crippen LogP contribution is 1.98. The lowest BCUT2D eigenvalue weighted by Crippen LogP contribution is -2.48. The number of nitrogens with one attached hydrogen (secondary N) is 1. The zero-order valence-electron chi connectivity index (χ0n) is 9.18. The SMILES string of the molecule is Cc1nn(C(=O)NC(C)(C)C#N)c(=O)n1N. The topological polar surface area (TPSA) is 119 Å². The maximum atomic E-state index is 11.6. The zero-order chi connectivity index (χ0) is 12.5. The molecule has 0 saturated heterocycles. The molecule has 8 nitrogen and oxygen atoms in total. The van der Waals surface area contributed by atoms with Crippen LogP contribution in [0.1, 0.15) is 19.7 Å². The number of nitrogens with two attached hydrogens (primary N) is 1. The molecular formula is C8H12N6O2. The second-order valence-corrected chi connectivity index (χ2v) is 3.78. The molecule has 0 aliphatic heterocycles. The number of amides is 1. The molecule has 1 amide bonds. The van der Waals surface area contributed by atoms with Crippen LogP contribution in [0, 0.1) is 18.3 Å². The zero-order valence-corrected chi connectivity index (χ0v) is 9.18. The number of nitriles is 1. The monoisotopic (exact) mass is 224 g/mol. The molecule has 3 N–H and O–H groups in total. The second kappa shape index (κ2) is 3.69. The molecule has 16 heavy (non-hydrogen) atoms. The van der Waals surface area contributed by atoms with E-state index in [9.17, 15) is 9.59 Å². The minimum Gasteiger partial charge on any atom is -0.333 e. The smallest absolute Gasteiger partial charge is 0.333 e. The minimum absolute atomic E-state index is 0.204. The van der Waals surface area contributed by atoms with Crippen molar-refractivity contribution in [1.82, 2.24) is 19.8 Å². The normalized spacial score (nSPS) is 10.9. The Bertz CT molecular complexity index is 518. The van der Waals surface area contributed by atoms with Gasteiger partial charge in [0.2, 0.25) is 0 Å². The molecule has 1 aromatic rings. The van der Waals surface area contributed by atoms with Crippen molar-refractivity contribution in [2.24, 2.45) is 0 Å². The first kappa shape index (κ1) is 11.8. The summed E-state index contributed by atoms with van der Waals surface area (Å²) in [5.74, 6) is 5.52. The van der Waals surface area contributed by atoms with E-state index in [-0.39, 0.29) is 5.82 Å². The van der Waals surface area contributed by atoms with Crippen molar-refractivity contribution in [1.29, 1.82) is 5.26 Å². The summed E-state index contributed by atoms with van der Waals surface area (Å²) in [5.41, 5.74) is -1.84. The Morgan fingerprint density at radius 3 is 2.56 bits per heavy atom. The Balaban J connectivity index is 3.04. The van der Waals surface area contributed by atoms with Crippen LogP contribution in [0.25, 0.3) is 0 Å². The van der Waals surface area contributed by atoms with Gasteiger partial charge in [-0.25, -0.2) is 9.59 Å². The molecule has 1 rings (SSSR count). The number of aryl methyl sites for hydroxylation is 1. The molecule has 0 aliphatic carbocycles. The maximum absolute atomic E-state index is 11.6. The summed E-state index contributed by atoms with van der Waals surface area (Å²) in [5, 5.41) is 14.7. The Morgan fingerprint density at radius 2 is 2.19 bits per heavy atom. The van der Waals surface area contributed by atoms with E-state index in [0.29, 0.717) is 4.68 Å². The van der Waals surface area contributed by atoms with Gasteiger partial charge in [0.1, 0.15) is 5.54 Å². The van der Waals surface area contributed by atoms with Crippen LogP contribution in [0.2, 0.25) is 0 Å². The molecule has 0 radical (unpaired) electrons. The van der Waals surface area contributed by atoms with Crippen LogP contribution in [0.15, 0.2) is 4.79 Å². The number of hydrogen-bond donors (Lipinski definition) is 2. The highest BCUT2D eigenvalue weighted by atomic mass is 16.2. The van der Waals surface area contributed by atoms with E-state index < -0.39 is 17.3 Å². The summed E-state index contributed by atoms with van der Waals surface area (Å²) in [4.78, 5) is 23.0. The average molecular weight is 224 g/mol. The fourth-order valence-electron chi connectivity index (χ4n) is 0.957. The first-order chi connectivity index (χ1) is 7.28.